The molecule has 0 aromatic carbocycles. The van der Waals surface area contributed by atoms with Crippen LogP contribution in [0.5, 0.6) is 0 Å². The molecule has 78 valence electrons. The van der Waals surface area contributed by atoms with E-state index in [4.69, 9.17) is 10.2 Å². The van der Waals surface area contributed by atoms with Crippen LogP contribution < -0.4 is 0 Å². The molecule has 1 aliphatic carbocycles. The number of carbonyl (C=O) groups is 2. The summed E-state index contributed by atoms with van der Waals surface area (Å²) in [5.41, 5.74) is -0.190. The minimum absolute atomic E-state index is 0.0453. The maximum Gasteiger partial charge on any atom is 0.331 e. The van der Waals surface area contributed by atoms with E-state index in [0.29, 0.717) is 0 Å². The molecule has 0 heterocycles. The highest BCUT2D eigenvalue weighted by Gasteiger charge is 2.35. The molecule has 4 heteroatoms. The third-order valence-corrected chi connectivity index (χ3v) is 2.79. The van der Waals surface area contributed by atoms with E-state index < -0.39 is 17.9 Å². The SMILES string of the molecule is C=C(C(=O)O)[C@H](C(=O)O)C1CCCC1. The van der Waals surface area contributed by atoms with Crippen molar-refractivity contribution in [2.24, 2.45) is 11.8 Å². The lowest BCUT2D eigenvalue weighted by atomic mass is 9.85. The van der Waals surface area contributed by atoms with Gasteiger partial charge in [0.05, 0.1) is 5.92 Å². The van der Waals surface area contributed by atoms with Gasteiger partial charge in [-0.25, -0.2) is 4.79 Å². The molecule has 0 aromatic rings. The van der Waals surface area contributed by atoms with Crippen LogP contribution in [0.25, 0.3) is 0 Å². The van der Waals surface area contributed by atoms with Gasteiger partial charge in [0.25, 0.3) is 0 Å². The fourth-order valence-corrected chi connectivity index (χ4v) is 2.06. The van der Waals surface area contributed by atoms with Crippen LogP contribution in [0.1, 0.15) is 25.7 Å². The van der Waals surface area contributed by atoms with E-state index in [0.717, 1.165) is 25.7 Å². The first-order valence-corrected chi connectivity index (χ1v) is 4.69. The van der Waals surface area contributed by atoms with Gasteiger partial charge in [0.2, 0.25) is 0 Å². The Morgan fingerprint density at radius 1 is 1.21 bits per heavy atom. The number of carboxylic acid groups (broad SMARTS) is 2. The molecule has 1 aliphatic rings. The molecule has 0 radical (unpaired) electrons. The Bertz CT molecular complexity index is 263. The largest absolute Gasteiger partial charge is 0.481 e. The van der Waals surface area contributed by atoms with Gasteiger partial charge < -0.3 is 10.2 Å². The summed E-state index contributed by atoms with van der Waals surface area (Å²) in [6.45, 7) is 3.34. The molecular formula is C10H14O4. The fraction of sp³-hybridized carbons (Fsp3) is 0.600. The van der Waals surface area contributed by atoms with Crippen LogP contribution in [0.15, 0.2) is 12.2 Å². The van der Waals surface area contributed by atoms with Gasteiger partial charge in [-0.3, -0.25) is 4.79 Å². The molecular weight excluding hydrogens is 184 g/mol. The molecule has 1 rings (SSSR count). The Morgan fingerprint density at radius 3 is 2.07 bits per heavy atom. The van der Waals surface area contributed by atoms with Gasteiger partial charge in [-0.1, -0.05) is 19.4 Å². The Kier molecular flexibility index (Phi) is 3.28. The minimum atomic E-state index is -1.20. The van der Waals surface area contributed by atoms with Gasteiger partial charge in [0, 0.05) is 5.57 Å². The van der Waals surface area contributed by atoms with Crippen molar-refractivity contribution in [1.82, 2.24) is 0 Å². The number of hydrogen-bond acceptors (Lipinski definition) is 2. The number of rotatable bonds is 4. The standard InChI is InChI=1S/C10H14O4/c1-6(9(11)12)8(10(13)14)7-4-2-3-5-7/h7-8H,1-5H2,(H,11,12)(H,13,14)/t8-/m0/s1. The Labute approximate surface area is 82.2 Å². The fourth-order valence-electron chi connectivity index (χ4n) is 2.06. The smallest absolute Gasteiger partial charge is 0.331 e. The first kappa shape index (κ1) is 10.8. The molecule has 0 aromatic heterocycles. The Morgan fingerprint density at radius 2 is 1.71 bits per heavy atom. The third kappa shape index (κ3) is 2.13. The lowest BCUT2D eigenvalue weighted by Gasteiger charge is -2.18. The van der Waals surface area contributed by atoms with Crippen LogP contribution in [0.4, 0.5) is 0 Å². The van der Waals surface area contributed by atoms with Crippen molar-refractivity contribution in [3.05, 3.63) is 12.2 Å². The summed E-state index contributed by atoms with van der Waals surface area (Å²) in [6, 6.07) is 0. The predicted octanol–water partition coefficient (Wildman–Crippen LogP) is 1.52. The molecule has 0 saturated heterocycles. The topological polar surface area (TPSA) is 74.6 Å². The average Bonchev–Trinajstić information content (AvgIpc) is 2.56. The molecule has 1 saturated carbocycles. The molecule has 14 heavy (non-hydrogen) atoms. The van der Waals surface area contributed by atoms with Gasteiger partial charge in [0.1, 0.15) is 0 Å². The van der Waals surface area contributed by atoms with Crippen molar-refractivity contribution in [2.45, 2.75) is 25.7 Å². The van der Waals surface area contributed by atoms with Crippen LogP contribution in [0.2, 0.25) is 0 Å². The summed E-state index contributed by atoms with van der Waals surface area (Å²) in [4.78, 5) is 21.5. The van der Waals surface area contributed by atoms with Crippen molar-refractivity contribution in [1.29, 1.82) is 0 Å². The summed E-state index contributed by atoms with van der Waals surface area (Å²) in [5, 5.41) is 17.6. The lowest BCUT2D eigenvalue weighted by molar-refractivity contribution is -0.145. The van der Waals surface area contributed by atoms with E-state index in [-0.39, 0.29) is 11.5 Å². The average molecular weight is 198 g/mol. The highest BCUT2D eigenvalue weighted by Crippen LogP contribution is 2.34. The summed E-state index contributed by atoms with van der Waals surface area (Å²) in [6.07, 6.45) is 3.56. The molecule has 0 spiro atoms. The molecule has 0 aliphatic heterocycles. The van der Waals surface area contributed by atoms with Gasteiger partial charge in [-0.2, -0.15) is 0 Å². The quantitative estimate of drug-likeness (QED) is 0.671. The second-order valence-corrected chi connectivity index (χ2v) is 3.69. The zero-order valence-electron chi connectivity index (χ0n) is 7.90. The summed E-state index contributed by atoms with van der Waals surface area (Å²) < 4.78 is 0. The lowest BCUT2D eigenvalue weighted by Crippen LogP contribution is -2.27. The molecule has 0 unspecified atom stereocenters. The predicted molar refractivity (Wildman–Crippen MR) is 49.9 cm³/mol. The summed E-state index contributed by atoms with van der Waals surface area (Å²) in [5.74, 6) is -3.22. The van der Waals surface area contributed by atoms with Gasteiger partial charge in [-0.05, 0) is 18.8 Å². The van der Waals surface area contributed by atoms with Gasteiger partial charge in [-0.15, -0.1) is 0 Å². The molecule has 4 nitrogen and oxygen atoms in total. The highest BCUT2D eigenvalue weighted by atomic mass is 16.4. The zero-order valence-corrected chi connectivity index (χ0v) is 7.90. The highest BCUT2D eigenvalue weighted by molar-refractivity contribution is 5.93. The maximum absolute atomic E-state index is 10.9. The second kappa shape index (κ2) is 4.26. The van der Waals surface area contributed by atoms with Crippen LogP contribution in [0.3, 0.4) is 0 Å². The van der Waals surface area contributed by atoms with E-state index in [1.54, 1.807) is 0 Å². The summed E-state index contributed by atoms with van der Waals surface area (Å²) in [7, 11) is 0. The third-order valence-electron chi connectivity index (χ3n) is 2.79. The van der Waals surface area contributed by atoms with Crippen LogP contribution in [0, 0.1) is 11.8 Å². The van der Waals surface area contributed by atoms with Crippen LogP contribution in [-0.4, -0.2) is 22.2 Å². The molecule has 0 amide bonds. The van der Waals surface area contributed by atoms with Crippen molar-refractivity contribution in [3.8, 4) is 0 Å². The van der Waals surface area contributed by atoms with E-state index in [9.17, 15) is 9.59 Å². The van der Waals surface area contributed by atoms with Gasteiger partial charge >= 0.3 is 11.9 Å². The van der Waals surface area contributed by atoms with Crippen molar-refractivity contribution in [3.63, 3.8) is 0 Å². The van der Waals surface area contributed by atoms with Crippen molar-refractivity contribution >= 4 is 11.9 Å². The Hall–Kier alpha value is -1.32. The number of carboxylic acids is 2. The summed E-state index contributed by atoms with van der Waals surface area (Å²) >= 11 is 0. The minimum Gasteiger partial charge on any atom is -0.481 e. The first-order valence-electron chi connectivity index (χ1n) is 4.69. The normalized spacial score (nSPS) is 19.1. The van der Waals surface area contributed by atoms with Crippen LogP contribution >= 0.6 is 0 Å². The molecule has 0 bridgehead atoms. The van der Waals surface area contributed by atoms with E-state index in [2.05, 4.69) is 6.58 Å². The number of hydrogen-bond donors (Lipinski definition) is 2. The maximum atomic E-state index is 10.9. The first-order chi connectivity index (χ1) is 6.54. The second-order valence-electron chi connectivity index (χ2n) is 3.69. The zero-order chi connectivity index (χ0) is 10.7. The van der Waals surface area contributed by atoms with E-state index in [1.807, 2.05) is 0 Å². The van der Waals surface area contributed by atoms with Crippen molar-refractivity contribution in [2.75, 3.05) is 0 Å². The monoisotopic (exact) mass is 198 g/mol. The van der Waals surface area contributed by atoms with E-state index >= 15 is 0 Å². The van der Waals surface area contributed by atoms with Gasteiger partial charge in [0.15, 0.2) is 0 Å². The van der Waals surface area contributed by atoms with Crippen LogP contribution in [-0.2, 0) is 9.59 Å². The molecule has 1 fully saturated rings. The molecule has 2 N–H and O–H groups in total. The van der Waals surface area contributed by atoms with E-state index in [1.165, 1.54) is 0 Å². The Balaban J connectivity index is 2.77. The molecule has 1 atom stereocenters. The van der Waals surface area contributed by atoms with Crippen molar-refractivity contribution < 1.29 is 19.8 Å². The number of aliphatic carboxylic acids is 2.